The van der Waals surface area contributed by atoms with Gasteiger partial charge in [-0.1, -0.05) is 6.92 Å². The smallest absolute Gasteiger partial charge is 0.226 e. The first-order valence-corrected chi connectivity index (χ1v) is 10.7. The van der Waals surface area contributed by atoms with Gasteiger partial charge in [-0.15, -0.1) is 0 Å². The van der Waals surface area contributed by atoms with Crippen LogP contribution in [0.2, 0.25) is 0 Å². The topological polar surface area (TPSA) is 32.8 Å². The molecule has 4 heteroatoms. The minimum Gasteiger partial charge on any atom is -0.381 e. The Balaban J connectivity index is 1.18. The maximum absolute atomic E-state index is 12.6. The number of piperidine rings is 1. The normalized spacial score (nSPS) is 37.2. The summed E-state index contributed by atoms with van der Waals surface area (Å²) in [5.74, 6) is 3.91. The maximum atomic E-state index is 12.6. The fourth-order valence-corrected chi connectivity index (χ4v) is 5.12. The Morgan fingerprint density at radius 2 is 1.72 bits per heavy atom. The van der Waals surface area contributed by atoms with Crippen LogP contribution in [0, 0.1) is 29.6 Å². The molecule has 1 amide bonds. The molecule has 2 saturated heterocycles. The molecule has 3 atom stereocenters. The summed E-state index contributed by atoms with van der Waals surface area (Å²) in [6.45, 7) is 8.61. The summed E-state index contributed by atoms with van der Waals surface area (Å²) < 4.78 is 6.03. The van der Waals surface area contributed by atoms with E-state index >= 15 is 0 Å². The minimum absolute atomic E-state index is 0.280. The second kappa shape index (κ2) is 6.23. The van der Waals surface area contributed by atoms with Gasteiger partial charge in [0.25, 0.3) is 0 Å². The Morgan fingerprint density at radius 3 is 2.36 bits per heavy atom. The first-order valence-electron chi connectivity index (χ1n) is 10.7. The van der Waals surface area contributed by atoms with Crippen LogP contribution in [0.4, 0.5) is 0 Å². The standard InChI is InChI=1S/C21H34N2O2/c1-15-8-19(15)20(24)22-13-21(14-22)9-18(12-25-11-17-4-5-17)6-7-23(21)10-16-2-3-16/h15-19H,2-14H2,1H3/t15-,18+,19-/m1/s1. The van der Waals surface area contributed by atoms with Crippen LogP contribution < -0.4 is 0 Å². The maximum Gasteiger partial charge on any atom is 0.226 e. The zero-order valence-electron chi connectivity index (χ0n) is 15.8. The lowest BCUT2D eigenvalue weighted by Crippen LogP contribution is -2.73. The van der Waals surface area contributed by atoms with Gasteiger partial charge >= 0.3 is 0 Å². The summed E-state index contributed by atoms with van der Waals surface area (Å²) in [6, 6.07) is 0. The predicted octanol–water partition coefficient (Wildman–Crippen LogP) is 2.77. The average molecular weight is 347 g/mol. The number of likely N-dealkylation sites (tertiary alicyclic amines) is 2. The van der Waals surface area contributed by atoms with Gasteiger partial charge in [0, 0.05) is 38.8 Å². The van der Waals surface area contributed by atoms with Gasteiger partial charge in [-0.05, 0) is 75.2 Å². The van der Waals surface area contributed by atoms with Crippen molar-refractivity contribution in [2.24, 2.45) is 29.6 Å². The van der Waals surface area contributed by atoms with E-state index in [1.807, 2.05) is 0 Å². The van der Waals surface area contributed by atoms with E-state index in [0.29, 0.717) is 23.7 Å². The zero-order chi connectivity index (χ0) is 17.0. The molecule has 0 aromatic rings. The molecule has 3 aliphatic carbocycles. The lowest BCUT2D eigenvalue weighted by Gasteiger charge is -2.60. The van der Waals surface area contributed by atoms with Crippen molar-refractivity contribution >= 4 is 5.91 Å². The Hall–Kier alpha value is -0.610. The number of rotatable bonds is 7. The monoisotopic (exact) mass is 346 g/mol. The Kier molecular flexibility index (Phi) is 4.12. The molecule has 1 spiro atoms. The third-order valence-corrected chi connectivity index (χ3v) is 7.43. The lowest BCUT2D eigenvalue weighted by atomic mass is 9.74. The number of amides is 1. The zero-order valence-corrected chi connectivity index (χ0v) is 15.8. The number of carbonyl (C=O) groups is 1. The highest BCUT2D eigenvalue weighted by Gasteiger charge is 2.55. The van der Waals surface area contributed by atoms with Crippen molar-refractivity contribution in [1.82, 2.24) is 9.80 Å². The van der Waals surface area contributed by atoms with E-state index in [9.17, 15) is 4.79 Å². The second-order valence-corrected chi connectivity index (χ2v) is 9.97. The van der Waals surface area contributed by atoms with E-state index in [-0.39, 0.29) is 5.54 Å². The van der Waals surface area contributed by atoms with E-state index in [1.54, 1.807) is 0 Å². The van der Waals surface area contributed by atoms with Crippen molar-refractivity contribution in [3.05, 3.63) is 0 Å². The summed E-state index contributed by atoms with van der Waals surface area (Å²) in [7, 11) is 0. The van der Waals surface area contributed by atoms with Gasteiger partial charge in [-0.25, -0.2) is 0 Å². The number of hydrogen-bond donors (Lipinski definition) is 0. The molecule has 0 aromatic carbocycles. The van der Waals surface area contributed by atoms with Crippen LogP contribution in [0.1, 0.15) is 51.9 Å². The Morgan fingerprint density at radius 1 is 1.04 bits per heavy atom. The molecule has 0 unspecified atom stereocenters. The highest BCUT2D eigenvalue weighted by Crippen LogP contribution is 2.46. The third kappa shape index (κ3) is 3.49. The highest BCUT2D eigenvalue weighted by atomic mass is 16.5. The fraction of sp³-hybridized carbons (Fsp3) is 0.952. The van der Waals surface area contributed by atoms with Crippen molar-refractivity contribution < 1.29 is 9.53 Å². The van der Waals surface area contributed by atoms with Crippen LogP contribution in [0.5, 0.6) is 0 Å². The van der Waals surface area contributed by atoms with Crippen LogP contribution >= 0.6 is 0 Å². The molecule has 5 rings (SSSR count). The molecule has 4 nitrogen and oxygen atoms in total. The Bertz CT molecular complexity index is 522. The predicted molar refractivity (Wildman–Crippen MR) is 97.1 cm³/mol. The lowest BCUT2D eigenvalue weighted by molar-refractivity contribution is -0.155. The third-order valence-electron chi connectivity index (χ3n) is 7.43. The first kappa shape index (κ1) is 16.6. The Labute approximate surface area is 152 Å². The number of nitrogens with zero attached hydrogens (tertiary/aromatic N) is 2. The molecule has 0 radical (unpaired) electrons. The van der Waals surface area contributed by atoms with Crippen molar-refractivity contribution in [3.63, 3.8) is 0 Å². The number of ether oxygens (including phenoxy) is 1. The SMILES string of the molecule is C[C@@H]1C[C@H]1C(=O)N1CC2(C[C@@H](COCC3CC3)CCN2CC2CC2)C1. The molecule has 0 bridgehead atoms. The molecule has 5 aliphatic rings. The van der Waals surface area contributed by atoms with Gasteiger partial charge in [0.2, 0.25) is 5.91 Å². The van der Waals surface area contributed by atoms with Crippen molar-refractivity contribution in [1.29, 1.82) is 0 Å². The van der Waals surface area contributed by atoms with Crippen LogP contribution in [0.15, 0.2) is 0 Å². The van der Waals surface area contributed by atoms with Crippen LogP contribution in [-0.4, -0.2) is 60.6 Å². The van der Waals surface area contributed by atoms with Crippen molar-refractivity contribution in [2.75, 3.05) is 39.4 Å². The van der Waals surface area contributed by atoms with Gasteiger partial charge in [0.1, 0.15) is 0 Å². The highest BCUT2D eigenvalue weighted by molar-refractivity contribution is 5.82. The van der Waals surface area contributed by atoms with Gasteiger partial charge in [0.15, 0.2) is 0 Å². The van der Waals surface area contributed by atoms with E-state index < -0.39 is 0 Å². The molecule has 140 valence electrons. The molecule has 25 heavy (non-hydrogen) atoms. The van der Waals surface area contributed by atoms with Gasteiger partial charge in [0.05, 0.1) is 5.54 Å². The molecule has 5 fully saturated rings. The summed E-state index contributed by atoms with van der Waals surface area (Å²) in [4.78, 5) is 17.5. The van der Waals surface area contributed by atoms with Gasteiger partial charge < -0.3 is 9.64 Å². The second-order valence-electron chi connectivity index (χ2n) is 9.97. The summed E-state index contributed by atoms with van der Waals surface area (Å²) in [6.07, 6.45) is 9.24. The summed E-state index contributed by atoms with van der Waals surface area (Å²) >= 11 is 0. The summed E-state index contributed by atoms with van der Waals surface area (Å²) in [5, 5.41) is 0. The quantitative estimate of drug-likeness (QED) is 0.711. The van der Waals surface area contributed by atoms with Crippen molar-refractivity contribution in [3.8, 4) is 0 Å². The van der Waals surface area contributed by atoms with E-state index in [4.69, 9.17) is 4.74 Å². The average Bonchev–Trinajstić information content (AvgIpc) is 3.38. The van der Waals surface area contributed by atoms with E-state index in [0.717, 1.165) is 44.6 Å². The molecular formula is C21H34N2O2. The van der Waals surface area contributed by atoms with E-state index in [2.05, 4.69) is 16.7 Å². The molecule has 0 N–H and O–H groups in total. The van der Waals surface area contributed by atoms with Crippen LogP contribution in [-0.2, 0) is 9.53 Å². The van der Waals surface area contributed by atoms with E-state index in [1.165, 1.54) is 51.6 Å². The fourth-order valence-electron chi connectivity index (χ4n) is 5.12. The first-order chi connectivity index (χ1) is 12.1. The molecule has 3 saturated carbocycles. The van der Waals surface area contributed by atoms with Crippen LogP contribution in [0.25, 0.3) is 0 Å². The van der Waals surface area contributed by atoms with Gasteiger partial charge in [-0.3, -0.25) is 9.69 Å². The minimum atomic E-state index is 0.280. The molecule has 2 heterocycles. The van der Waals surface area contributed by atoms with Gasteiger partial charge in [-0.2, -0.15) is 0 Å². The largest absolute Gasteiger partial charge is 0.381 e. The molecule has 2 aliphatic heterocycles. The molecule has 0 aromatic heterocycles. The molecular weight excluding hydrogens is 312 g/mol. The van der Waals surface area contributed by atoms with Crippen molar-refractivity contribution in [2.45, 2.75) is 57.4 Å². The number of hydrogen-bond acceptors (Lipinski definition) is 3. The summed E-state index contributed by atoms with van der Waals surface area (Å²) in [5.41, 5.74) is 0.280. The number of carbonyl (C=O) groups excluding carboxylic acids is 1. The van der Waals surface area contributed by atoms with Crippen LogP contribution in [0.3, 0.4) is 0 Å².